The maximum atomic E-state index is 11.9. The number of hydrogen-bond acceptors (Lipinski definition) is 7. The van der Waals surface area contributed by atoms with E-state index in [4.69, 9.17) is 21.4 Å². The number of carboxylic acid groups (broad SMARTS) is 1. The summed E-state index contributed by atoms with van der Waals surface area (Å²) in [5.41, 5.74) is -0.249. The van der Waals surface area contributed by atoms with Crippen LogP contribution in [0.1, 0.15) is 29.1 Å². The Morgan fingerprint density at radius 3 is 2.62 bits per heavy atom. The second kappa shape index (κ2) is 6.73. The molecule has 0 saturated carbocycles. The van der Waals surface area contributed by atoms with Crippen molar-refractivity contribution in [2.75, 3.05) is 12.9 Å². The van der Waals surface area contributed by atoms with Crippen LogP contribution in [-0.2, 0) is 9.84 Å². The summed E-state index contributed by atoms with van der Waals surface area (Å²) in [6.07, 6.45) is 0.984. The van der Waals surface area contributed by atoms with E-state index < -0.39 is 15.8 Å². The lowest BCUT2D eigenvalue weighted by Gasteiger charge is -2.16. The third kappa shape index (κ3) is 3.82. The Balaban J connectivity index is 2.36. The monoisotopic (exact) mass is 374 g/mol. The average Bonchev–Trinajstić information content (AvgIpc) is 2.90. The van der Waals surface area contributed by atoms with Gasteiger partial charge in [-0.1, -0.05) is 11.6 Å². The molecule has 1 atom stereocenters. The van der Waals surface area contributed by atoms with Crippen LogP contribution in [0.15, 0.2) is 17.0 Å². The lowest BCUT2D eigenvalue weighted by Crippen LogP contribution is -2.18. The van der Waals surface area contributed by atoms with E-state index in [0.29, 0.717) is 5.82 Å². The summed E-state index contributed by atoms with van der Waals surface area (Å²) in [5, 5.41) is 20.4. The number of aromatic nitrogens is 4. The molecule has 1 aromatic carbocycles. The molecule has 9 nitrogen and oxygen atoms in total. The number of aryl methyl sites for hydroxylation is 1. The van der Waals surface area contributed by atoms with E-state index in [1.54, 1.807) is 13.8 Å². The number of carbonyl (C=O) groups is 1. The molecule has 0 amide bonds. The van der Waals surface area contributed by atoms with Gasteiger partial charge in [0.2, 0.25) is 0 Å². The third-order valence-electron chi connectivity index (χ3n) is 3.08. The summed E-state index contributed by atoms with van der Waals surface area (Å²) in [6.45, 7) is 3.38. The zero-order valence-electron chi connectivity index (χ0n) is 13.1. The molecule has 1 aromatic heterocycles. The number of tetrazole rings is 1. The van der Waals surface area contributed by atoms with Crippen LogP contribution in [0.2, 0.25) is 5.02 Å². The van der Waals surface area contributed by atoms with Gasteiger partial charge in [-0.05, 0) is 31.2 Å². The highest BCUT2D eigenvalue weighted by atomic mass is 35.5. The van der Waals surface area contributed by atoms with Crippen LogP contribution in [0, 0.1) is 6.92 Å². The molecule has 0 saturated heterocycles. The van der Waals surface area contributed by atoms with Gasteiger partial charge in [-0.25, -0.2) is 13.2 Å². The largest absolute Gasteiger partial charge is 0.488 e. The fourth-order valence-corrected chi connectivity index (χ4v) is 3.06. The number of rotatable bonds is 6. The Morgan fingerprint density at radius 2 is 2.12 bits per heavy atom. The van der Waals surface area contributed by atoms with Crippen molar-refractivity contribution in [3.05, 3.63) is 28.5 Å². The Morgan fingerprint density at radius 1 is 1.46 bits per heavy atom. The standard InChI is InChI=1S/C13H15ClN4O5S/c1-7(18-16-8(2)15-17-18)6-23-12-10(24(3,21)22)5-4-9(11(12)14)13(19)20/h4-5,7H,6H2,1-3H3,(H,19,20). The van der Waals surface area contributed by atoms with Gasteiger partial charge < -0.3 is 9.84 Å². The number of ether oxygens (including phenoxy) is 1. The first kappa shape index (κ1) is 18.1. The molecule has 0 aliphatic rings. The molecule has 11 heteroatoms. The summed E-state index contributed by atoms with van der Waals surface area (Å²) in [7, 11) is -3.66. The fraction of sp³-hybridized carbons (Fsp3) is 0.385. The highest BCUT2D eigenvalue weighted by Crippen LogP contribution is 2.35. The molecule has 2 rings (SSSR count). The zero-order chi connectivity index (χ0) is 18.1. The highest BCUT2D eigenvalue weighted by molar-refractivity contribution is 7.90. The second-order valence-corrected chi connectivity index (χ2v) is 7.51. The lowest BCUT2D eigenvalue weighted by molar-refractivity contribution is 0.0696. The van der Waals surface area contributed by atoms with Gasteiger partial charge in [-0.15, -0.1) is 10.2 Å². The van der Waals surface area contributed by atoms with Crippen molar-refractivity contribution < 1.29 is 23.1 Å². The van der Waals surface area contributed by atoms with Crippen LogP contribution in [0.25, 0.3) is 0 Å². The maximum Gasteiger partial charge on any atom is 0.337 e. The number of hydrogen-bond donors (Lipinski definition) is 1. The molecule has 0 aliphatic carbocycles. The van der Waals surface area contributed by atoms with E-state index in [0.717, 1.165) is 18.4 Å². The molecule has 0 spiro atoms. The quantitative estimate of drug-likeness (QED) is 0.803. The molecule has 0 bridgehead atoms. The predicted molar refractivity (Wildman–Crippen MR) is 84.3 cm³/mol. The van der Waals surface area contributed by atoms with Gasteiger partial charge in [-0.3, -0.25) is 0 Å². The first-order chi connectivity index (χ1) is 11.1. The van der Waals surface area contributed by atoms with E-state index in [1.165, 1.54) is 4.80 Å². The number of benzene rings is 1. The van der Waals surface area contributed by atoms with Gasteiger partial charge in [0.05, 0.1) is 10.6 Å². The van der Waals surface area contributed by atoms with Gasteiger partial charge >= 0.3 is 5.97 Å². The Hall–Kier alpha value is -2.20. The Bertz CT molecular complexity index is 880. The highest BCUT2D eigenvalue weighted by Gasteiger charge is 2.23. The smallest absolute Gasteiger partial charge is 0.337 e. The number of halogens is 1. The number of aromatic carboxylic acids is 1. The molecule has 0 aliphatic heterocycles. The average molecular weight is 375 g/mol. The van der Waals surface area contributed by atoms with Crippen molar-refractivity contribution in [1.82, 2.24) is 20.2 Å². The van der Waals surface area contributed by atoms with Crippen LogP contribution in [-0.4, -0.2) is 52.6 Å². The van der Waals surface area contributed by atoms with Crippen molar-refractivity contribution >= 4 is 27.4 Å². The van der Waals surface area contributed by atoms with Crippen LogP contribution >= 0.6 is 11.6 Å². The van der Waals surface area contributed by atoms with Gasteiger partial charge in [0, 0.05) is 6.26 Å². The molecule has 24 heavy (non-hydrogen) atoms. The van der Waals surface area contributed by atoms with E-state index in [2.05, 4.69) is 15.4 Å². The molecule has 2 aromatic rings. The van der Waals surface area contributed by atoms with Crippen molar-refractivity contribution in [3.8, 4) is 5.75 Å². The summed E-state index contributed by atoms with van der Waals surface area (Å²) in [5.74, 6) is -1.01. The SMILES string of the molecule is Cc1nnn(C(C)COc2c(S(C)(=O)=O)ccc(C(=O)O)c2Cl)n1. The molecule has 130 valence electrons. The minimum absolute atomic E-state index is 0.0267. The van der Waals surface area contributed by atoms with Crippen LogP contribution in [0.4, 0.5) is 0 Å². The van der Waals surface area contributed by atoms with Crippen molar-refractivity contribution in [2.45, 2.75) is 24.8 Å². The van der Waals surface area contributed by atoms with Crippen LogP contribution < -0.4 is 4.74 Å². The van der Waals surface area contributed by atoms with Gasteiger partial charge in [0.15, 0.2) is 21.4 Å². The molecule has 1 unspecified atom stereocenters. The summed E-state index contributed by atoms with van der Waals surface area (Å²) >= 11 is 6.03. The Labute approximate surface area is 143 Å². The minimum atomic E-state index is -3.66. The first-order valence-corrected chi connectivity index (χ1v) is 9.03. The van der Waals surface area contributed by atoms with E-state index in [1.807, 2.05) is 0 Å². The van der Waals surface area contributed by atoms with Gasteiger partial charge in [0.25, 0.3) is 0 Å². The second-order valence-electron chi connectivity index (χ2n) is 5.15. The minimum Gasteiger partial charge on any atom is -0.488 e. The third-order valence-corrected chi connectivity index (χ3v) is 4.58. The van der Waals surface area contributed by atoms with E-state index >= 15 is 0 Å². The van der Waals surface area contributed by atoms with Gasteiger partial charge in [-0.2, -0.15) is 4.80 Å². The molecular weight excluding hydrogens is 360 g/mol. The summed E-state index contributed by atoms with van der Waals surface area (Å²) < 4.78 is 29.3. The lowest BCUT2D eigenvalue weighted by atomic mass is 10.2. The molecule has 1 heterocycles. The molecular formula is C13H15ClN4O5S. The van der Waals surface area contributed by atoms with Crippen molar-refractivity contribution in [3.63, 3.8) is 0 Å². The fourth-order valence-electron chi connectivity index (χ4n) is 1.89. The molecule has 0 radical (unpaired) electrons. The van der Waals surface area contributed by atoms with Crippen molar-refractivity contribution in [1.29, 1.82) is 0 Å². The van der Waals surface area contributed by atoms with Crippen LogP contribution in [0.3, 0.4) is 0 Å². The van der Waals surface area contributed by atoms with E-state index in [9.17, 15) is 13.2 Å². The van der Waals surface area contributed by atoms with E-state index in [-0.39, 0.29) is 33.9 Å². The van der Waals surface area contributed by atoms with Gasteiger partial charge in [0.1, 0.15) is 17.5 Å². The molecule has 1 N–H and O–H groups in total. The number of nitrogens with zero attached hydrogens (tertiary/aromatic N) is 4. The van der Waals surface area contributed by atoms with Crippen molar-refractivity contribution in [2.24, 2.45) is 0 Å². The number of sulfone groups is 1. The zero-order valence-corrected chi connectivity index (χ0v) is 14.7. The first-order valence-electron chi connectivity index (χ1n) is 6.76. The topological polar surface area (TPSA) is 124 Å². The summed E-state index contributed by atoms with van der Waals surface area (Å²) in [6, 6.07) is 1.91. The summed E-state index contributed by atoms with van der Waals surface area (Å²) in [4.78, 5) is 12.3. The Kier molecular flexibility index (Phi) is 5.09. The number of carboxylic acids is 1. The maximum absolute atomic E-state index is 11.9. The molecule has 0 fully saturated rings. The van der Waals surface area contributed by atoms with Crippen LogP contribution in [0.5, 0.6) is 5.75 Å². The normalized spacial score (nSPS) is 12.8. The predicted octanol–water partition coefficient (Wildman–Crippen LogP) is 1.38.